The second kappa shape index (κ2) is 5.39. The van der Waals surface area contributed by atoms with Crippen LogP contribution < -0.4 is 0 Å². The van der Waals surface area contributed by atoms with Gasteiger partial charge in [0.2, 0.25) is 5.89 Å². The summed E-state index contributed by atoms with van der Waals surface area (Å²) >= 11 is 0. The van der Waals surface area contributed by atoms with Gasteiger partial charge in [-0.3, -0.25) is 0 Å². The molecule has 0 aliphatic heterocycles. The molecule has 0 amide bonds. The first-order valence-electron chi connectivity index (χ1n) is 5.52. The number of carbonyl (C=O) groups excluding carboxylic acids is 1. The van der Waals surface area contributed by atoms with E-state index in [0.717, 1.165) is 12.8 Å². The minimum atomic E-state index is -0.575. The molecule has 0 spiro atoms. The van der Waals surface area contributed by atoms with Crippen LogP contribution in [0.25, 0.3) is 0 Å². The van der Waals surface area contributed by atoms with Crippen LogP contribution in [0, 0.1) is 0 Å². The third-order valence-electron chi connectivity index (χ3n) is 2.18. The maximum absolute atomic E-state index is 11.2. The Bertz CT molecular complexity index is 533. The lowest BCUT2D eigenvalue weighted by Gasteiger charge is -1.93. The zero-order chi connectivity index (χ0) is 13.0. The van der Waals surface area contributed by atoms with E-state index in [4.69, 9.17) is 4.52 Å². The van der Waals surface area contributed by atoms with Crippen molar-refractivity contribution in [1.29, 1.82) is 0 Å². The molecule has 0 radical (unpaired) electrons. The Morgan fingerprint density at radius 2 is 2.39 bits per heavy atom. The van der Waals surface area contributed by atoms with Crippen LogP contribution >= 0.6 is 0 Å². The van der Waals surface area contributed by atoms with Crippen LogP contribution in [-0.4, -0.2) is 38.0 Å². The highest BCUT2D eigenvalue weighted by Crippen LogP contribution is 2.02. The molecule has 0 saturated heterocycles. The van der Waals surface area contributed by atoms with Crippen LogP contribution in [0.2, 0.25) is 0 Å². The summed E-state index contributed by atoms with van der Waals surface area (Å²) in [6.07, 6.45) is 3.11. The molecular formula is C10H13N5O3. The van der Waals surface area contributed by atoms with Crippen molar-refractivity contribution in [2.45, 2.75) is 26.3 Å². The number of carbonyl (C=O) groups is 1. The molecule has 8 heteroatoms. The summed E-state index contributed by atoms with van der Waals surface area (Å²) in [6, 6.07) is 0. The van der Waals surface area contributed by atoms with E-state index in [-0.39, 0.29) is 5.82 Å². The van der Waals surface area contributed by atoms with Gasteiger partial charge in [0.1, 0.15) is 12.9 Å². The molecule has 2 aromatic heterocycles. The maximum Gasteiger partial charge on any atom is 0.377 e. The van der Waals surface area contributed by atoms with Crippen LogP contribution in [0.15, 0.2) is 10.9 Å². The van der Waals surface area contributed by atoms with Crippen molar-refractivity contribution in [2.75, 3.05) is 7.11 Å². The Morgan fingerprint density at radius 1 is 1.56 bits per heavy atom. The first-order valence-corrected chi connectivity index (χ1v) is 5.52. The quantitative estimate of drug-likeness (QED) is 0.711. The van der Waals surface area contributed by atoms with E-state index in [9.17, 15) is 4.79 Å². The monoisotopic (exact) mass is 251 g/mol. The van der Waals surface area contributed by atoms with Crippen LogP contribution in [0.1, 0.15) is 35.7 Å². The van der Waals surface area contributed by atoms with Crippen molar-refractivity contribution < 1.29 is 14.1 Å². The highest BCUT2D eigenvalue weighted by Gasteiger charge is 2.12. The molecule has 0 aromatic carbocycles. The van der Waals surface area contributed by atoms with Crippen molar-refractivity contribution in [2.24, 2.45) is 0 Å². The summed E-state index contributed by atoms with van der Waals surface area (Å²) in [4.78, 5) is 19.2. The number of hydrogen-bond acceptors (Lipinski definition) is 7. The smallest absolute Gasteiger partial charge is 0.377 e. The van der Waals surface area contributed by atoms with Crippen molar-refractivity contribution >= 4 is 5.97 Å². The van der Waals surface area contributed by atoms with E-state index < -0.39 is 5.97 Å². The van der Waals surface area contributed by atoms with Crippen LogP contribution in [-0.2, 0) is 17.7 Å². The third-order valence-corrected chi connectivity index (χ3v) is 2.18. The molecule has 18 heavy (non-hydrogen) atoms. The van der Waals surface area contributed by atoms with Crippen LogP contribution in [0.5, 0.6) is 0 Å². The maximum atomic E-state index is 11.2. The summed E-state index contributed by atoms with van der Waals surface area (Å²) < 4.78 is 11.0. The fourth-order valence-corrected chi connectivity index (χ4v) is 1.37. The fraction of sp³-hybridized carbons (Fsp3) is 0.500. The second-order valence-corrected chi connectivity index (χ2v) is 3.61. The molecule has 0 bridgehead atoms. The van der Waals surface area contributed by atoms with Crippen molar-refractivity contribution in [3.63, 3.8) is 0 Å². The molecular weight excluding hydrogens is 238 g/mol. The average molecular weight is 251 g/mol. The number of methoxy groups -OCH3 is 1. The lowest BCUT2D eigenvalue weighted by Crippen LogP contribution is -2.07. The average Bonchev–Trinajstić information content (AvgIpc) is 2.99. The summed E-state index contributed by atoms with van der Waals surface area (Å²) in [5.74, 6) is 0.531. The Kier molecular flexibility index (Phi) is 3.66. The lowest BCUT2D eigenvalue weighted by molar-refractivity contribution is 0.0586. The second-order valence-electron chi connectivity index (χ2n) is 3.61. The van der Waals surface area contributed by atoms with E-state index in [1.807, 2.05) is 6.92 Å². The number of hydrogen-bond donors (Lipinski definition) is 0. The normalized spacial score (nSPS) is 10.6. The Labute approximate surface area is 103 Å². The van der Waals surface area contributed by atoms with Crippen molar-refractivity contribution in [3.05, 3.63) is 23.9 Å². The summed E-state index contributed by atoms with van der Waals surface area (Å²) in [6.45, 7) is 2.33. The molecule has 2 aromatic rings. The summed E-state index contributed by atoms with van der Waals surface area (Å²) in [5, 5.41) is 7.75. The molecule has 8 nitrogen and oxygen atoms in total. The molecule has 96 valence electrons. The summed E-state index contributed by atoms with van der Waals surface area (Å²) in [7, 11) is 1.28. The van der Waals surface area contributed by atoms with Gasteiger partial charge < -0.3 is 9.26 Å². The SMILES string of the molecule is CCCc1nc(Cn2cnc(C(=O)OC)n2)no1. The molecule has 0 aliphatic rings. The van der Waals surface area contributed by atoms with E-state index in [1.54, 1.807) is 0 Å². The van der Waals surface area contributed by atoms with E-state index in [2.05, 4.69) is 25.0 Å². The minimum Gasteiger partial charge on any atom is -0.463 e. The van der Waals surface area contributed by atoms with Crippen LogP contribution in [0.3, 0.4) is 0 Å². The lowest BCUT2D eigenvalue weighted by atomic mass is 10.3. The standard InChI is InChI=1S/C10H13N5O3/c1-3-4-8-12-7(14-18-8)5-15-6-11-9(13-15)10(16)17-2/h6H,3-5H2,1-2H3. The van der Waals surface area contributed by atoms with Crippen molar-refractivity contribution in [1.82, 2.24) is 24.9 Å². The van der Waals surface area contributed by atoms with Gasteiger partial charge in [0, 0.05) is 6.42 Å². The topological polar surface area (TPSA) is 95.9 Å². The number of esters is 1. The fourth-order valence-electron chi connectivity index (χ4n) is 1.37. The van der Waals surface area contributed by atoms with Gasteiger partial charge in [0.25, 0.3) is 5.82 Å². The number of rotatable bonds is 5. The zero-order valence-electron chi connectivity index (χ0n) is 10.2. The van der Waals surface area contributed by atoms with Gasteiger partial charge >= 0.3 is 5.97 Å². The molecule has 0 N–H and O–H groups in total. The highest BCUT2D eigenvalue weighted by atomic mass is 16.5. The molecule has 0 aliphatic carbocycles. The van der Waals surface area contributed by atoms with Gasteiger partial charge in [-0.25, -0.2) is 14.5 Å². The predicted octanol–water partition coefficient (Wildman–Crippen LogP) is 0.448. The van der Waals surface area contributed by atoms with Crippen LogP contribution in [0.4, 0.5) is 0 Å². The first-order chi connectivity index (χ1) is 8.72. The molecule has 2 heterocycles. The number of ether oxygens (including phenoxy) is 1. The van der Waals surface area contributed by atoms with E-state index in [1.165, 1.54) is 18.1 Å². The molecule has 0 saturated carbocycles. The summed E-state index contributed by atoms with van der Waals surface area (Å²) in [5.41, 5.74) is 0. The van der Waals surface area contributed by atoms with E-state index in [0.29, 0.717) is 18.3 Å². The van der Waals surface area contributed by atoms with Gasteiger partial charge in [0.15, 0.2) is 5.82 Å². The zero-order valence-corrected chi connectivity index (χ0v) is 10.2. The molecule has 2 rings (SSSR count). The van der Waals surface area contributed by atoms with Gasteiger partial charge in [-0.05, 0) is 6.42 Å². The van der Waals surface area contributed by atoms with Gasteiger partial charge in [0.05, 0.1) is 7.11 Å². The van der Waals surface area contributed by atoms with E-state index >= 15 is 0 Å². The minimum absolute atomic E-state index is 0.00905. The Hall–Kier alpha value is -2.25. The molecule has 0 atom stereocenters. The highest BCUT2D eigenvalue weighted by molar-refractivity contribution is 5.84. The molecule has 0 fully saturated rings. The van der Waals surface area contributed by atoms with Crippen molar-refractivity contribution in [3.8, 4) is 0 Å². The van der Waals surface area contributed by atoms with Gasteiger partial charge in [-0.15, -0.1) is 5.10 Å². The first kappa shape index (κ1) is 12.2. The third kappa shape index (κ3) is 2.70. The Morgan fingerprint density at radius 3 is 3.11 bits per heavy atom. The largest absolute Gasteiger partial charge is 0.463 e. The van der Waals surface area contributed by atoms with Gasteiger partial charge in [-0.2, -0.15) is 4.98 Å². The number of aryl methyl sites for hydroxylation is 1. The number of nitrogens with zero attached hydrogens (tertiary/aromatic N) is 5. The van der Waals surface area contributed by atoms with Gasteiger partial charge in [-0.1, -0.05) is 12.1 Å². The number of aromatic nitrogens is 5. The predicted molar refractivity (Wildman–Crippen MR) is 58.8 cm³/mol. The Balaban J connectivity index is 2.04. The molecule has 0 unspecified atom stereocenters.